The first-order valence-electron chi connectivity index (χ1n) is 6.24. The molecule has 1 aromatic carbocycles. The largest absolute Gasteiger partial charge is 0.389 e. The molecule has 8 heteroatoms. The van der Waals surface area contributed by atoms with Crippen LogP contribution in [0.4, 0.5) is 0 Å². The van der Waals surface area contributed by atoms with E-state index < -0.39 is 33.4 Å². The molecule has 0 aromatic heterocycles. The summed E-state index contributed by atoms with van der Waals surface area (Å²) in [5, 5.41) is 36.9. The Labute approximate surface area is 127 Å². The summed E-state index contributed by atoms with van der Waals surface area (Å²) in [6.45, 7) is 0. The monoisotopic (exact) mass is 329 g/mol. The summed E-state index contributed by atoms with van der Waals surface area (Å²) in [5.41, 5.74) is 0.361. The highest BCUT2D eigenvalue weighted by atomic mass is 32.2. The van der Waals surface area contributed by atoms with Crippen LogP contribution in [0.3, 0.4) is 0 Å². The van der Waals surface area contributed by atoms with Gasteiger partial charge in [0.05, 0.1) is 34.5 Å². The van der Waals surface area contributed by atoms with Gasteiger partial charge < -0.3 is 15.3 Å². The lowest BCUT2D eigenvalue weighted by Crippen LogP contribution is -2.50. The van der Waals surface area contributed by atoms with Gasteiger partial charge in [0, 0.05) is 11.0 Å². The van der Waals surface area contributed by atoms with Crippen molar-refractivity contribution in [2.75, 3.05) is 11.5 Å². The van der Waals surface area contributed by atoms with Crippen molar-refractivity contribution >= 4 is 21.6 Å². The number of thioether (sulfide) groups is 1. The summed E-state index contributed by atoms with van der Waals surface area (Å²) in [7, 11) is -3.64. The first kappa shape index (κ1) is 16.3. The molecule has 6 nitrogen and oxygen atoms in total. The van der Waals surface area contributed by atoms with Gasteiger partial charge in [-0.25, -0.2) is 8.42 Å². The van der Waals surface area contributed by atoms with Crippen molar-refractivity contribution in [2.45, 2.75) is 28.5 Å². The van der Waals surface area contributed by atoms with Crippen molar-refractivity contribution in [3.05, 3.63) is 29.8 Å². The van der Waals surface area contributed by atoms with E-state index in [0.717, 1.165) is 11.8 Å². The fraction of sp³-hybridized carbons (Fsp3) is 0.462. The zero-order valence-electron chi connectivity index (χ0n) is 11.0. The quantitative estimate of drug-likeness (QED) is 0.686. The van der Waals surface area contributed by atoms with Gasteiger partial charge in [0.1, 0.15) is 6.10 Å². The van der Waals surface area contributed by atoms with Gasteiger partial charge >= 0.3 is 0 Å². The van der Waals surface area contributed by atoms with Crippen LogP contribution in [0.2, 0.25) is 0 Å². The Kier molecular flexibility index (Phi) is 4.91. The maximum absolute atomic E-state index is 12.3. The van der Waals surface area contributed by atoms with Crippen molar-refractivity contribution in [1.29, 1.82) is 5.26 Å². The van der Waals surface area contributed by atoms with Gasteiger partial charge in [0.2, 0.25) is 0 Å². The first-order chi connectivity index (χ1) is 9.85. The van der Waals surface area contributed by atoms with Gasteiger partial charge in [0.15, 0.2) is 9.84 Å². The Morgan fingerprint density at radius 3 is 2.38 bits per heavy atom. The molecule has 1 aromatic rings. The van der Waals surface area contributed by atoms with Gasteiger partial charge in [0.25, 0.3) is 0 Å². The zero-order chi connectivity index (χ0) is 15.6. The predicted octanol–water partition coefficient (Wildman–Crippen LogP) is -0.470. The van der Waals surface area contributed by atoms with Crippen LogP contribution in [-0.2, 0) is 9.84 Å². The van der Waals surface area contributed by atoms with Gasteiger partial charge in [-0.2, -0.15) is 17.0 Å². The van der Waals surface area contributed by atoms with E-state index in [4.69, 9.17) is 5.26 Å². The summed E-state index contributed by atoms with van der Waals surface area (Å²) in [6, 6.07) is 7.42. The highest BCUT2D eigenvalue weighted by molar-refractivity contribution is 8.01. The van der Waals surface area contributed by atoms with Crippen molar-refractivity contribution < 1.29 is 23.7 Å². The number of aliphatic hydroxyl groups excluding tert-OH is 3. The second-order valence-electron chi connectivity index (χ2n) is 4.84. The lowest BCUT2D eigenvalue weighted by Gasteiger charge is -2.34. The maximum atomic E-state index is 12.3. The van der Waals surface area contributed by atoms with E-state index in [1.807, 2.05) is 6.07 Å². The van der Waals surface area contributed by atoms with Crippen molar-refractivity contribution in [3.8, 4) is 6.07 Å². The molecule has 1 aliphatic heterocycles. The second kappa shape index (κ2) is 6.34. The molecule has 1 saturated heterocycles. The number of nitrogens with zero attached hydrogens (tertiary/aromatic N) is 1. The fourth-order valence-corrected chi connectivity index (χ4v) is 5.36. The number of rotatable bonds is 3. The molecule has 1 fully saturated rings. The van der Waals surface area contributed by atoms with Crippen molar-refractivity contribution in [2.24, 2.45) is 0 Å². The average molecular weight is 329 g/mol. The predicted molar refractivity (Wildman–Crippen MR) is 77.5 cm³/mol. The van der Waals surface area contributed by atoms with Gasteiger partial charge in [-0.3, -0.25) is 0 Å². The highest BCUT2D eigenvalue weighted by Crippen LogP contribution is 2.29. The van der Waals surface area contributed by atoms with Crippen LogP contribution in [-0.4, -0.2) is 58.8 Å². The van der Waals surface area contributed by atoms with E-state index in [1.54, 1.807) is 0 Å². The number of aliphatic hydroxyl groups is 3. The zero-order valence-corrected chi connectivity index (χ0v) is 12.6. The summed E-state index contributed by atoms with van der Waals surface area (Å²) >= 11 is 1.12. The van der Waals surface area contributed by atoms with Crippen molar-refractivity contribution in [1.82, 2.24) is 0 Å². The van der Waals surface area contributed by atoms with Gasteiger partial charge in [-0.15, -0.1) is 0 Å². The fourth-order valence-electron chi connectivity index (χ4n) is 2.06. The van der Waals surface area contributed by atoms with Gasteiger partial charge in [-0.05, 0) is 24.3 Å². The highest BCUT2D eigenvalue weighted by Gasteiger charge is 2.39. The second-order valence-corrected chi connectivity index (χ2v) is 8.14. The molecular formula is C13H15NO5S2. The van der Waals surface area contributed by atoms with E-state index >= 15 is 0 Å². The summed E-state index contributed by atoms with van der Waals surface area (Å²) in [5.74, 6) is -0.166. The first-order valence-corrected chi connectivity index (χ1v) is 8.94. The molecule has 3 N–H and O–H groups in total. The lowest BCUT2D eigenvalue weighted by molar-refractivity contribution is -0.0531. The van der Waals surface area contributed by atoms with E-state index in [9.17, 15) is 23.7 Å². The van der Waals surface area contributed by atoms with E-state index in [0.29, 0.717) is 5.56 Å². The lowest BCUT2D eigenvalue weighted by atomic mass is 10.1. The van der Waals surface area contributed by atoms with Crippen LogP contribution in [0.1, 0.15) is 5.56 Å². The molecule has 21 heavy (non-hydrogen) atoms. The number of hydrogen-bond acceptors (Lipinski definition) is 7. The third kappa shape index (κ3) is 3.56. The molecule has 2 rings (SSSR count). The number of hydrogen-bond donors (Lipinski definition) is 3. The molecule has 4 atom stereocenters. The van der Waals surface area contributed by atoms with Gasteiger partial charge in [-0.1, -0.05) is 0 Å². The molecule has 0 amide bonds. The number of sulfone groups is 1. The molecule has 0 radical (unpaired) electrons. The Morgan fingerprint density at radius 1 is 1.19 bits per heavy atom. The molecule has 0 aliphatic carbocycles. The normalized spacial score (nSPS) is 29.8. The molecule has 114 valence electrons. The summed E-state index contributed by atoms with van der Waals surface area (Å²) in [4.78, 5) is 0.0647. The smallest absolute Gasteiger partial charge is 0.179 e. The van der Waals surface area contributed by atoms with Crippen LogP contribution in [0.25, 0.3) is 0 Å². The minimum atomic E-state index is -3.64. The van der Waals surface area contributed by atoms with Crippen LogP contribution < -0.4 is 0 Å². The molecule has 0 bridgehead atoms. The Balaban J connectivity index is 2.15. The third-order valence-electron chi connectivity index (χ3n) is 3.33. The molecule has 1 heterocycles. The summed E-state index contributed by atoms with van der Waals surface area (Å²) < 4.78 is 24.6. The Bertz CT molecular complexity index is 638. The standard InChI is InChI=1S/C13H15NO5S2/c14-5-8-1-3-9(4-2-8)21(18,19)7-11-13(17)12(16)10(15)6-20-11/h1-4,10-13,15-17H,6-7H2/t10-,11-,12+,13+/m1/s1. The van der Waals surface area contributed by atoms with Crippen LogP contribution in [0, 0.1) is 11.3 Å². The minimum Gasteiger partial charge on any atom is -0.389 e. The molecule has 0 unspecified atom stereocenters. The number of nitriles is 1. The Hall–Kier alpha value is -1.11. The van der Waals surface area contributed by atoms with E-state index in [1.165, 1.54) is 24.3 Å². The van der Waals surface area contributed by atoms with Crippen LogP contribution in [0.15, 0.2) is 29.2 Å². The minimum absolute atomic E-state index is 0.0647. The average Bonchev–Trinajstić information content (AvgIpc) is 2.48. The Morgan fingerprint density at radius 2 is 1.81 bits per heavy atom. The van der Waals surface area contributed by atoms with Crippen LogP contribution in [0.5, 0.6) is 0 Å². The number of benzene rings is 1. The SMILES string of the molecule is N#Cc1ccc(S(=O)(=O)C[C@H]2SC[C@@H](O)[C@H](O)[C@H]2O)cc1. The molecule has 0 spiro atoms. The van der Waals surface area contributed by atoms with E-state index in [2.05, 4.69) is 0 Å². The topological polar surface area (TPSA) is 119 Å². The molecule has 1 aliphatic rings. The van der Waals surface area contributed by atoms with Crippen LogP contribution >= 0.6 is 11.8 Å². The summed E-state index contributed by atoms with van der Waals surface area (Å²) in [6.07, 6.45) is -3.70. The molecular weight excluding hydrogens is 314 g/mol. The van der Waals surface area contributed by atoms with E-state index in [-0.39, 0.29) is 16.4 Å². The maximum Gasteiger partial charge on any atom is 0.179 e. The molecule has 0 saturated carbocycles. The third-order valence-corrected chi connectivity index (χ3v) is 6.74. The van der Waals surface area contributed by atoms with Crippen molar-refractivity contribution in [3.63, 3.8) is 0 Å².